The Morgan fingerprint density at radius 3 is 2.62 bits per heavy atom. The van der Waals surface area contributed by atoms with Gasteiger partial charge in [0.15, 0.2) is 0 Å². The van der Waals surface area contributed by atoms with Crippen molar-refractivity contribution in [2.75, 3.05) is 46.9 Å². The lowest BCUT2D eigenvalue weighted by molar-refractivity contribution is -0.187. The van der Waals surface area contributed by atoms with Crippen LogP contribution >= 0.6 is 0 Å². The minimum Gasteiger partial charge on any atom is -0.419 e. The summed E-state index contributed by atoms with van der Waals surface area (Å²) in [6, 6.07) is 8.43. The van der Waals surface area contributed by atoms with Gasteiger partial charge in [0.05, 0.1) is 19.4 Å². The van der Waals surface area contributed by atoms with E-state index in [4.69, 9.17) is 4.74 Å². The van der Waals surface area contributed by atoms with Crippen LogP contribution in [0.15, 0.2) is 43.2 Å². The number of carbonyl (C=O) groups is 4. The number of ether oxygens (including phenoxy) is 2. The highest BCUT2D eigenvalue weighted by Gasteiger charge is 2.50. The number of amides is 5. The zero-order valence-electron chi connectivity index (χ0n) is 21.4. The van der Waals surface area contributed by atoms with Crippen molar-refractivity contribution < 1.29 is 28.7 Å². The molecule has 12 heteroatoms. The number of alkyl carbamates (subject to hydrolysis) is 1. The smallest absolute Gasteiger partial charge is 0.411 e. The second kappa shape index (κ2) is 13.6. The van der Waals surface area contributed by atoms with Crippen molar-refractivity contribution >= 4 is 23.9 Å². The predicted molar refractivity (Wildman–Crippen MR) is 135 cm³/mol. The van der Waals surface area contributed by atoms with E-state index >= 15 is 0 Å². The molecule has 2 heterocycles. The normalized spacial score (nSPS) is 19.9. The third-order valence-electron chi connectivity index (χ3n) is 6.32. The summed E-state index contributed by atoms with van der Waals surface area (Å²) in [6.07, 6.45) is 1.11. The molecule has 37 heavy (non-hydrogen) atoms. The molecule has 0 aliphatic carbocycles. The van der Waals surface area contributed by atoms with Gasteiger partial charge >= 0.3 is 12.1 Å². The van der Waals surface area contributed by atoms with Crippen molar-refractivity contribution in [3.05, 3.63) is 48.7 Å². The highest BCUT2D eigenvalue weighted by molar-refractivity contribution is 5.91. The van der Waals surface area contributed by atoms with E-state index in [1.54, 1.807) is 24.1 Å². The number of methoxy groups -OCH3 is 1. The van der Waals surface area contributed by atoms with E-state index in [1.807, 2.05) is 30.3 Å². The van der Waals surface area contributed by atoms with Gasteiger partial charge < -0.3 is 29.9 Å². The van der Waals surface area contributed by atoms with E-state index < -0.39 is 18.3 Å². The number of nitrogens with one attached hydrogen (secondary N) is 2. The summed E-state index contributed by atoms with van der Waals surface area (Å²) < 4.78 is 9.79. The molecular weight excluding hydrogens is 480 g/mol. The number of benzene rings is 1. The van der Waals surface area contributed by atoms with Crippen molar-refractivity contribution in [3.63, 3.8) is 0 Å². The molecule has 12 nitrogen and oxygen atoms in total. The summed E-state index contributed by atoms with van der Waals surface area (Å²) in [4.78, 5) is 54.7. The van der Waals surface area contributed by atoms with Gasteiger partial charge in [0.1, 0.15) is 12.2 Å². The number of carbonyl (C=O) groups excluding carboxylic acids is 4. The zero-order chi connectivity index (χ0) is 26.8. The molecule has 2 atom stereocenters. The summed E-state index contributed by atoms with van der Waals surface area (Å²) in [5.41, 5.74) is 0.948. The van der Waals surface area contributed by atoms with E-state index in [-0.39, 0.29) is 37.5 Å². The average molecular weight is 517 g/mol. The van der Waals surface area contributed by atoms with Gasteiger partial charge in [0.2, 0.25) is 11.8 Å². The molecule has 0 spiro atoms. The van der Waals surface area contributed by atoms with Crippen LogP contribution in [0.3, 0.4) is 0 Å². The average Bonchev–Trinajstić information content (AvgIpc) is 2.87. The Morgan fingerprint density at radius 2 is 1.92 bits per heavy atom. The summed E-state index contributed by atoms with van der Waals surface area (Å²) in [7, 11) is 3.29. The van der Waals surface area contributed by atoms with Crippen LogP contribution in [0.2, 0.25) is 0 Å². The second-order valence-corrected chi connectivity index (χ2v) is 8.87. The van der Waals surface area contributed by atoms with Crippen molar-refractivity contribution in [2.45, 2.75) is 38.0 Å². The minimum absolute atomic E-state index is 0.0351. The Morgan fingerprint density at radius 1 is 1.16 bits per heavy atom. The van der Waals surface area contributed by atoms with Crippen LogP contribution in [0.1, 0.15) is 24.8 Å². The van der Waals surface area contributed by atoms with E-state index in [1.165, 1.54) is 9.91 Å². The number of hydrogen-bond acceptors (Lipinski definition) is 7. The van der Waals surface area contributed by atoms with Crippen LogP contribution in [0.5, 0.6) is 0 Å². The lowest BCUT2D eigenvalue weighted by Crippen LogP contribution is -2.76. The molecule has 5 amide bonds. The topological polar surface area (TPSA) is 124 Å². The van der Waals surface area contributed by atoms with Crippen molar-refractivity contribution in [2.24, 2.45) is 0 Å². The fraction of sp³-hybridized carbons (Fsp3) is 0.520. The van der Waals surface area contributed by atoms with Crippen LogP contribution in [0, 0.1) is 0 Å². The van der Waals surface area contributed by atoms with Crippen molar-refractivity contribution in [1.82, 2.24) is 30.5 Å². The van der Waals surface area contributed by atoms with Crippen LogP contribution in [-0.2, 0) is 25.6 Å². The Kier molecular flexibility index (Phi) is 10.3. The van der Waals surface area contributed by atoms with E-state index in [0.29, 0.717) is 39.0 Å². The van der Waals surface area contributed by atoms with Gasteiger partial charge in [0.25, 0.3) is 0 Å². The van der Waals surface area contributed by atoms with Crippen LogP contribution < -0.4 is 10.6 Å². The molecule has 0 aromatic heterocycles. The first-order valence-electron chi connectivity index (χ1n) is 12.3. The molecule has 3 rings (SSSR count). The molecule has 1 aromatic carbocycles. The number of rotatable bonds is 11. The van der Waals surface area contributed by atoms with Gasteiger partial charge in [-0.15, -0.1) is 0 Å². The largest absolute Gasteiger partial charge is 0.419 e. The first-order chi connectivity index (χ1) is 17.9. The van der Waals surface area contributed by atoms with E-state index in [0.717, 1.165) is 11.8 Å². The first-order valence-corrected chi connectivity index (χ1v) is 12.3. The third-order valence-corrected chi connectivity index (χ3v) is 6.32. The molecular formula is C25H36N6O6. The van der Waals surface area contributed by atoms with Crippen molar-refractivity contribution in [3.8, 4) is 0 Å². The highest BCUT2D eigenvalue weighted by atomic mass is 16.5. The van der Waals surface area contributed by atoms with Crippen LogP contribution in [0.25, 0.3) is 0 Å². The maximum Gasteiger partial charge on any atom is 0.411 e. The number of fused-ring (bicyclic) bond motifs is 1. The molecule has 2 aliphatic rings. The molecule has 2 N–H and O–H groups in total. The SMILES string of the molecule is C=COC(=O)NCCC[C@H]1C(=O)N(CCCOC)C[C@H]2N1C(=O)CN(C)N2C(=O)NCc1ccccc1. The third kappa shape index (κ3) is 7.20. The molecule has 0 bridgehead atoms. The number of nitrogens with zero attached hydrogens (tertiary/aromatic N) is 4. The maximum absolute atomic E-state index is 13.5. The molecule has 202 valence electrons. The number of likely N-dealkylation sites (N-methyl/N-ethyl adjacent to an activating group) is 1. The molecule has 0 radical (unpaired) electrons. The summed E-state index contributed by atoms with van der Waals surface area (Å²) in [5.74, 6) is -0.405. The standard InChI is InChI=1S/C25H36N6O6/c1-4-37-25(35)26-13-8-12-20-23(33)29(14-9-15-36-3)17-21-30(20)22(32)18-28(2)31(21)24(34)27-16-19-10-6-5-7-11-19/h4-7,10-11,20-21H,1,8-9,12-18H2,2-3H3,(H,26,35)(H,27,34)/t20-,21-/m0/s1. The molecule has 2 aliphatic heterocycles. The van der Waals surface area contributed by atoms with Crippen LogP contribution in [0.4, 0.5) is 9.59 Å². The van der Waals surface area contributed by atoms with Gasteiger partial charge in [-0.25, -0.2) is 19.6 Å². The minimum atomic E-state index is -0.760. The number of urea groups is 1. The van der Waals surface area contributed by atoms with Gasteiger partial charge in [0, 0.05) is 40.4 Å². The fourth-order valence-corrected chi connectivity index (χ4v) is 4.64. The highest BCUT2D eigenvalue weighted by Crippen LogP contribution is 2.28. The number of hydrogen-bond donors (Lipinski definition) is 2. The molecule has 2 fully saturated rings. The van der Waals surface area contributed by atoms with E-state index in [2.05, 4.69) is 21.9 Å². The predicted octanol–water partition coefficient (Wildman–Crippen LogP) is 1.11. The molecule has 1 aromatic rings. The number of piperazine rings is 1. The lowest BCUT2D eigenvalue weighted by Gasteiger charge is -2.54. The summed E-state index contributed by atoms with van der Waals surface area (Å²) in [6.45, 7) is 5.00. The lowest BCUT2D eigenvalue weighted by atomic mass is 10.0. The Bertz CT molecular complexity index is 960. The Labute approximate surface area is 217 Å². The van der Waals surface area contributed by atoms with Gasteiger partial charge in [-0.2, -0.15) is 0 Å². The molecule has 0 saturated carbocycles. The second-order valence-electron chi connectivity index (χ2n) is 8.87. The fourth-order valence-electron chi connectivity index (χ4n) is 4.64. The zero-order valence-corrected chi connectivity index (χ0v) is 21.4. The maximum atomic E-state index is 13.5. The Balaban J connectivity index is 1.77. The van der Waals surface area contributed by atoms with E-state index in [9.17, 15) is 19.2 Å². The monoisotopic (exact) mass is 516 g/mol. The summed E-state index contributed by atoms with van der Waals surface area (Å²) >= 11 is 0. The first kappa shape index (κ1) is 27.9. The van der Waals surface area contributed by atoms with Gasteiger partial charge in [-0.1, -0.05) is 36.9 Å². The number of hydrazine groups is 1. The van der Waals surface area contributed by atoms with Gasteiger partial charge in [-0.3, -0.25) is 9.59 Å². The van der Waals surface area contributed by atoms with Crippen molar-refractivity contribution in [1.29, 1.82) is 0 Å². The molecule has 0 unspecified atom stereocenters. The molecule has 2 saturated heterocycles. The van der Waals surface area contributed by atoms with Crippen LogP contribution in [-0.4, -0.2) is 103 Å². The Hall–Kier alpha value is -3.64. The quantitative estimate of drug-likeness (QED) is 0.334. The summed E-state index contributed by atoms with van der Waals surface area (Å²) in [5, 5.41) is 8.63. The van der Waals surface area contributed by atoms with Gasteiger partial charge in [-0.05, 0) is 24.8 Å².